The predicted octanol–water partition coefficient (Wildman–Crippen LogP) is 5.53. The van der Waals surface area contributed by atoms with Crippen LogP contribution in [0, 0.1) is 5.92 Å². The molecule has 2 amide bonds. The molecule has 1 aliphatic carbocycles. The van der Waals surface area contributed by atoms with Gasteiger partial charge in [0, 0.05) is 13.0 Å². The molecule has 4 rings (SSSR count). The standard InChI is InChI=1S/C32H36N2O5/c1-21(2)18-29(30(35)33-22(3)31(36)38-19-23-12-6-5-7-13-23)34(4)32(37)39-20-28-26-16-10-8-14-24(26)25-15-9-11-17-27(25)28/h5-17,21-22,28-29H,18-20H2,1-4H3,(H,33,35)/t22-,29-/m0/s1. The lowest BCUT2D eigenvalue weighted by molar-refractivity contribution is -0.149. The van der Waals surface area contributed by atoms with Crippen molar-refractivity contribution in [2.75, 3.05) is 13.7 Å². The van der Waals surface area contributed by atoms with E-state index in [9.17, 15) is 14.4 Å². The largest absolute Gasteiger partial charge is 0.459 e. The van der Waals surface area contributed by atoms with Crippen LogP contribution >= 0.6 is 0 Å². The zero-order valence-corrected chi connectivity index (χ0v) is 22.9. The molecule has 7 heteroatoms. The minimum absolute atomic E-state index is 0.0773. The summed E-state index contributed by atoms with van der Waals surface area (Å²) < 4.78 is 11.1. The molecule has 7 nitrogen and oxygen atoms in total. The first-order valence-electron chi connectivity index (χ1n) is 13.3. The number of carbonyl (C=O) groups excluding carboxylic acids is 3. The number of amides is 2. The van der Waals surface area contributed by atoms with Crippen molar-refractivity contribution in [3.05, 3.63) is 95.6 Å². The van der Waals surface area contributed by atoms with Gasteiger partial charge in [0.05, 0.1) is 0 Å². The molecule has 0 spiro atoms. The van der Waals surface area contributed by atoms with E-state index in [1.165, 1.54) is 4.90 Å². The number of likely N-dealkylation sites (N-methyl/N-ethyl adjacent to an activating group) is 1. The van der Waals surface area contributed by atoms with Gasteiger partial charge >= 0.3 is 12.1 Å². The van der Waals surface area contributed by atoms with Gasteiger partial charge in [-0.2, -0.15) is 0 Å². The van der Waals surface area contributed by atoms with Crippen molar-refractivity contribution in [3.63, 3.8) is 0 Å². The predicted molar refractivity (Wildman–Crippen MR) is 150 cm³/mol. The first-order chi connectivity index (χ1) is 18.8. The second kappa shape index (κ2) is 12.6. The summed E-state index contributed by atoms with van der Waals surface area (Å²) in [6, 6.07) is 23.9. The fraction of sp³-hybridized carbons (Fsp3) is 0.344. The zero-order valence-electron chi connectivity index (χ0n) is 22.9. The van der Waals surface area contributed by atoms with Crippen LogP contribution in [0.25, 0.3) is 11.1 Å². The number of hydrogen-bond acceptors (Lipinski definition) is 5. The van der Waals surface area contributed by atoms with Crippen LogP contribution in [0.3, 0.4) is 0 Å². The van der Waals surface area contributed by atoms with E-state index in [2.05, 4.69) is 29.6 Å². The zero-order chi connectivity index (χ0) is 27.9. The molecule has 204 valence electrons. The molecule has 0 saturated carbocycles. The molecule has 3 aromatic rings. The maximum Gasteiger partial charge on any atom is 0.410 e. The average molecular weight is 529 g/mol. The van der Waals surface area contributed by atoms with E-state index in [0.717, 1.165) is 27.8 Å². The van der Waals surface area contributed by atoms with Gasteiger partial charge in [-0.15, -0.1) is 0 Å². The van der Waals surface area contributed by atoms with Crippen LogP contribution in [0.1, 0.15) is 49.8 Å². The Labute approximate surface area is 230 Å². The monoisotopic (exact) mass is 528 g/mol. The second-order valence-electron chi connectivity index (χ2n) is 10.4. The molecule has 2 atom stereocenters. The summed E-state index contributed by atoms with van der Waals surface area (Å²) in [6.07, 6.45) is -0.171. The Bertz CT molecular complexity index is 1260. The first kappa shape index (κ1) is 27.9. The van der Waals surface area contributed by atoms with E-state index < -0.39 is 30.1 Å². The van der Waals surface area contributed by atoms with E-state index in [4.69, 9.17) is 9.47 Å². The van der Waals surface area contributed by atoms with Gasteiger partial charge in [0.25, 0.3) is 0 Å². The minimum Gasteiger partial charge on any atom is -0.459 e. The van der Waals surface area contributed by atoms with E-state index in [-0.39, 0.29) is 25.0 Å². The molecular weight excluding hydrogens is 492 g/mol. The van der Waals surface area contributed by atoms with Crippen LogP contribution in [0.4, 0.5) is 4.79 Å². The lowest BCUT2D eigenvalue weighted by Gasteiger charge is -2.29. The van der Waals surface area contributed by atoms with Crippen molar-refractivity contribution in [1.82, 2.24) is 10.2 Å². The van der Waals surface area contributed by atoms with Gasteiger partial charge in [0.1, 0.15) is 25.3 Å². The molecule has 0 radical (unpaired) electrons. The molecular formula is C32H36N2O5. The summed E-state index contributed by atoms with van der Waals surface area (Å²) in [5, 5.41) is 2.72. The van der Waals surface area contributed by atoms with Crippen molar-refractivity contribution >= 4 is 18.0 Å². The highest BCUT2D eigenvalue weighted by Crippen LogP contribution is 2.44. The summed E-state index contributed by atoms with van der Waals surface area (Å²) in [7, 11) is 1.56. The summed E-state index contributed by atoms with van der Waals surface area (Å²) >= 11 is 0. The van der Waals surface area contributed by atoms with Gasteiger partial charge in [-0.3, -0.25) is 9.69 Å². The van der Waals surface area contributed by atoms with Crippen molar-refractivity contribution in [3.8, 4) is 11.1 Å². The topological polar surface area (TPSA) is 84.9 Å². The lowest BCUT2D eigenvalue weighted by atomic mass is 9.98. The highest BCUT2D eigenvalue weighted by Gasteiger charge is 2.33. The number of esters is 1. The van der Waals surface area contributed by atoms with Crippen LogP contribution in [-0.4, -0.2) is 48.6 Å². The molecule has 0 saturated heterocycles. The Hall–Kier alpha value is -4.13. The van der Waals surface area contributed by atoms with Crippen LogP contribution in [0.5, 0.6) is 0 Å². The van der Waals surface area contributed by atoms with Crippen molar-refractivity contribution in [2.45, 2.75) is 51.8 Å². The molecule has 0 fully saturated rings. The number of hydrogen-bond donors (Lipinski definition) is 1. The third-order valence-electron chi connectivity index (χ3n) is 7.03. The van der Waals surface area contributed by atoms with Crippen LogP contribution in [-0.2, 0) is 25.7 Å². The Morgan fingerprint density at radius 2 is 1.38 bits per heavy atom. The number of ether oxygens (including phenoxy) is 2. The Kier molecular flexibility index (Phi) is 9.02. The SMILES string of the molecule is CC(C)C[C@@H](C(=O)N[C@@H](C)C(=O)OCc1ccccc1)N(C)C(=O)OCC1c2ccccc2-c2ccccc21. The first-order valence-corrected chi connectivity index (χ1v) is 13.3. The average Bonchev–Trinajstić information content (AvgIpc) is 3.26. The molecule has 0 aromatic heterocycles. The highest BCUT2D eigenvalue weighted by molar-refractivity contribution is 5.89. The van der Waals surface area contributed by atoms with Gasteiger partial charge in [0.2, 0.25) is 5.91 Å². The van der Waals surface area contributed by atoms with E-state index in [1.807, 2.05) is 68.4 Å². The molecule has 0 unspecified atom stereocenters. The van der Waals surface area contributed by atoms with Crippen molar-refractivity contribution < 1.29 is 23.9 Å². The fourth-order valence-corrected chi connectivity index (χ4v) is 4.93. The maximum atomic E-state index is 13.2. The fourth-order valence-electron chi connectivity index (χ4n) is 4.93. The molecule has 1 N–H and O–H groups in total. The quantitative estimate of drug-likeness (QED) is 0.350. The number of benzene rings is 3. The van der Waals surface area contributed by atoms with Crippen LogP contribution in [0.15, 0.2) is 78.9 Å². The van der Waals surface area contributed by atoms with E-state index in [1.54, 1.807) is 14.0 Å². The number of fused-ring (bicyclic) bond motifs is 3. The number of nitrogens with one attached hydrogen (secondary N) is 1. The van der Waals surface area contributed by atoms with Gasteiger partial charge in [-0.25, -0.2) is 9.59 Å². The smallest absolute Gasteiger partial charge is 0.410 e. The summed E-state index contributed by atoms with van der Waals surface area (Å²) in [5.74, 6) is -0.917. The molecule has 0 aliphatic heterocycles. The number of carbonyl (C=O) groups is 3. The normalized spacial score (nSPS) is 13.7. The third kappa shape index (κ3) is 6.66. The summed E-state index contributed by atoms with van der Waals surface area (Å²) in [5.41, 5.74) is 5.39. The maximum absolute atomic E-state index is 13.2. The van der Waals surface area contributed by atoms with Crippen molar-refractivity contribution in [1.29, 1.82) is 0 Å². The number of nitrogens with zero attached hydrogens (tertiary/aromatic N) is 1. The van der Waals surface area contributed by atoms with Crippen LogP contribution in [0.2, 0.25) is 0 Å². The Balaban J connectivity index is 1.38. The Morgan fingerprint density at radius 3 is 1.97 bits per heavy atom. The molecule has 0 bridgehead atoms. The molecule has 3 aromatic carbocycles. The summed E-state index contributed by atoms with van der Waals surface area (Å²) in [4.78, 5) is 40.2. The van der Waals surface area contributed by atoms with Crippen LogP contribution < -0.4 is 5.32 Å². The van der Waals surface area contributed by atoms with Crippen molar-refractivity contribution in [2.24, 2.45) is 5.92 Å². The molecule has 0 heterocycles. The van der Waals surface area contributed by atoms with Gasteiger partial charge in [-0.05, 0) is 47.1 Å². The van der Waals surface area contributed by atoms with Gasteiger partial charge in [-0.1, -0.05) is 92.7 Å². The Morgan fingerprint density at radius 1 is 0.821 bits per heavy atom. The van der Waals surface area contributed by atoms with E-state index in [0.29, 0.717) is 6.42 Å². The second-order valence-corrected chi connectivity index (χ2v) is 10.4. The van der Waals surface area contributed by atoms with E-state index >= 15 is 0 Å². The molecule has 39 heavy (non-hydrogen) atoms. The third-order valence-corrected chi connectivity index (χ3v) is 7.03. The molecule has 1 aliphatic rings. The van der Waals surface area contributed by atoms with Gasteiger partial charge in [0.15, 0.2) is 0 Å². The highest BCUT2D eigenvalue weighted by atomic mass is 16.6. The minimum atomic E-state index is -0.869. The van der Waals surface area contributed by atoms with Gasteiger partial charge < -0.3 is 14.8 Å². The summed E-state index contributed by atoms with van der Waals surface area (Å²) in [6.45, 7) is 5.81. The lowest BCUT2D eigenvalue weighted by Crippen LogP contribution is -2.52. The number of rotatable bonds is 10.